The Kier molecular flexibility index (Phi) is 3.25. The molecule has 1 aromatic carbocycles. The fourth-order valence-electron chi connectivity index (χ4n) is 2.38. The van der Waals surface area contributed by atoms with Crippen LogP contribution in [0.1, 0.15) is 24.6 Å². The van der Waals surface area contributed by atoms with Crippen LogP contribution < -0.4 is 10.5 Å². The molecule has 19 heavy (non-hydrogen) atoms. The lowest BCUT2D eigenvalue weighted by Gasteiger charge is -2.19. The maximum atomic E-state index is 6.26. The van der Waals surface area contributed by atoms with Gasteiger partial charge in [-0.15, -0.1) is 0 Å². The molecule has 0 atom stereocenters. The molecule has 0 fully saturated rings. The molecule has 1 aliphatic heterocycles. The Bertz CT molecular complexity index is 611. The first-order valence-electron chi connectivity index (χ1n) is 6.71. The van der Waals surface area contributed by atoms with E-state index in [4.69, 9.17) is 15.2 Å². The first kappa shape index (κ1) is 12.2. The van der Waals surface area contributed by atoms with Gasteiger partial charge in [0, 0.05) is 23.1 Å². The van der Waals surface area contributed by atoms with E-state index in [0.29, 0.717) is 13.2 Å². The summed E-state index contributed by atoms with van der Waals surface area (Å²) in [6.45, 7) is 4.09. The van der Waals surface area contributed by atoms with Gasteiger partial charge in [0.1, 0.15) is 5.75 Å². The molecule has 2 N–H and O–H groups in total. The number of ether oxygens (including phenoxy) is 2. The molecule has 4 heteroatoms. The highest BCUT2D eigenvalue weighted by atomic mass is 16.5. The number of nitrogens with two attached hydrogens (primary N) is 1. The third kappa shape index (κ3) is 2.24. The summed E-state index contributed by atoms with van der Waals surface area (Å²) in [6, 6.07) is 5.91. The smallest absolute Gasteiger partial charge is 0.120 e. The van der Waals surface area contributed by atoms with Crippen LogP contribution in [0.25, 0.3) is 10.9 Å². The van der Waals surface area contributed by atoms with Crippen molar-refractivity contribution in [3.8, 4) is 5.75 Å². The lowest BCUT2D eigenvalue weighted by molar-refractivity contribution is 0.110. The molecule has 1 aromatic heterocycles. The quantitative estimate of drug-likeness (QED) is 0.919. The van der Waals surface area contributed by atoms with Gasteiger partial charge in [0.25, 0.3) is 0 Å². The molecule has 4 nitrogen and oxygen atoms in total. The molecule has 0 spiro atoms. The van der Waals surface area contributed by atoms with Gasteiger partial charge in [0.05, 0.1) is 31.0 Å². The predicted octanol–water partition coefficient (Wildman–Crippen LogP) is 2.68. The molecule has 0 bridgehead atoms. The van der Waals surface area contributed by atoms with Crippen LogP contribution in [0.15, 0.2) is 18.2 Å². The summed E-state index contributed by atoms with van der Waals surface area (Å²) in [5, 5.41) is 0.956. The van der Waals surface area contributed by atoms with Crippen molar-refractivity contribution in [1.29, 1.82) is 0 Å². The Labute approximate surface area is 112 Å². The molecule has 0 saturated heterocycles. The zero-order chi connectivity index (χ0) is 13.2. The molecule has 0 saturated carbocycles. The van der Waals surface area contributed by atoms with Crippen LogP contribution in [0.3, 0.4) is 0 Å². The number of hydrogen-bond donors (Lipinski definition) is 1. The summed E-state index contributed by atoms with van der Waals surface area (Å²) in [6.07, 6.45) is 1.83. The highest BCUT2D eigenvalue weighted by Gasteiger charge is 2.17. The van der Waals surface area contributed by atoms with Gasteiger partial charge in [-0.2, -0.15) is 0 Å². The van der Waals surface area contributed by atoms with Crippen molar-refractivity contribution >= 4 is 16.6 Å². The Balaban J connectivity index is 2.09. The summed E-state index contributed by atoms with van der Waals surface area (Å²) < 4.78 is 11.1. The van der Waals surface area contributed by atoms with E-state index in [1.807, 2.05) is 18.2 Å². The number of anilines is 1. The van der Waals surface area contributed by atoms with Crippen LogP contribution in [-0.4, -0.2) is 18.2 Å². The standard InChI is InChI=1S/C15H18N2O2/c1-2-6-19-10-3-4-13-11(8-10)15(16)12-9-18-7-5-14(12)17-13/h3-4,8H,2,5-7,9H2,1H3,(H2,16,17). The van der Waals surface area contributed by atoms with Gasteiger partial charge in [-0.3, -0.25) is 4.98 Å². The summed E-state index contributed by atoms with van der Waals surface area (Å²) in [4.78, 5) is 4.68. The molecule has 100 valence electrons. The Morgan fingerprint density at radius 2 is 2.32 bits per heavy atom. The second-order valence-corrected chi connectivity index (χ2v) is 4.78. The molecule has 2 aromatic rings. The van der Waals surface area contributed by atoms with E-state index in [-0.39, 0.29) is 0 Å². The number of aromatic nitrogens is 1. The van der Waals surface area contributed by atoms with Crippen molar-refractivity contribution in [2.24, 2.45) is 0 Å². The van der Waals surface area contributed by atoms with Crippen molar-refractivity contribution in [3.63, 3.8) is 0 Å². The first-order valence-corrected chi connectivity index (χ1v) is 6.71. The minimum Gasteiger partial charge on any atom is -0.494 e. The van der Waals surface area contributed by atoms with Gasteiger partial charge >= 0.3 is 0 Å². The van der Waals surface area contributed by atoms with E-state index < -0.39 is 0 Å². The fraction of sp³-hybridized carbons (Fsp3) is 0.400. The third-order valence-corrected chi connectivity index (χ3v) is 3.39. The Morgan fingerprint density at radius 3 is 3.16 bits per heavy atom. The van der Waals surface area contributed by atoms with Gasteiger partial charge in [0.2, 0.25) is 0 Å². The SMILES string of the molecule is CCCOc1ccc2nc3c(c(N)c2c1)COCC3. The monoisotopic (exact) mass is 258 g/mol. The summed E-state index contributed by atoms with van der Waals surface area (Å²) in [5.41, 5.74) is 10.1. The van der Waals surface area contributed by atoms with Crippen LogP contribution in [0.2, 0.25) is 0 Å². The van der Waals surface area contributed by atoms with E-state index in [1.165, 1.54) is 0 Å². The van der Waals surface area contributed by atoms with Gasteiger partial charge in [0.15, 0.2) is 0 Å². The van der Waals surface area contributed by atoms with Gasteiger partial charge in [-0.1, -0.05) is 6.92 Å². The summed E-state index contributed by atoms with van der Waals surface area (Å²) >= 11 is 0. The maximum absolute atomic E-state index is 6.26. The van der Waals surface area contributed by atoms with Gasteiger partial charge in [-0.05, 0) is 24.6 Å². The van der Waals surface area contributed by atoms with Crippen molar-refractivity contribution < 1.29 is 9.47 Å². The zero-order valence-electron chi connectivity index (χ0n) is 11.1. The number of rotatable bonds is 3. The first-order chi connectivity index (χ1) is 9.29. The molecule has 3 rings (SSSR count). The van der Waals surface area contributed by atoms with Crippen LogP contribution in [0.5, 0.6) is 5.75 Å². The summed E-state index contributed by atoms with van der Waals surface area (Å²) in [7, 11) is 0. The van der Waals surface area contributed by atoms with Crippen LogP contribution >= 0.6 is 0 Å². The number of hydrogen-bond acceptors (Lipinski definition) is 4. The van der Waals surface area contributed by atoms with Crippen molar-refractivity contribution in [2.45, 2.75) is 26.4 Å². The largest absolute Gasteiger partial charge is 0.494 e. The summed E-state index contributed by atoms with van der Waals surface area (Å²) in [5.74, 6) is 0.847. The maximum Gasteiger partial charge on any atom is 0.120 e. The minimum atomic E-state index is 0.560. The highest BCUT2D eigenvalue weighted by Crippen LogP contribution is 2.31. The molecular formula is C15H18N2O2. The lowest BCUT2D eigenvalue weighted by Crippen LogP contribution is -2.14. The topological polar surface area (TPSA) is 57.4 Å². The van der Waals surface area contributed by atoms with Crippen LogP contribution in [-0.2, 0) is 17.8 Å². The van der Waals surface area contributed by atoms with E-state index in [1.54, 1.807) is 0 Å². The minimum absolute atomic E-state index is 0.560. The van der Waals surface area contributed by atoms with E-state index in [0.717, 1.165) is 53.0 Å². The molecule has 2 heterocycles. The average molecular weight is 258 g/mol. The second kappa shape index (κ2) is 5.05. The lowest BCUT2D eigenvalue weighted by atomic mass is 10.0. The Hall–Kier alpha value is -1.81. The van der Waals surface area contributed by atoms with Gasteiger partial charge in [-0.25, -0.2) is 0 Å². The van der Waals surface area contributed by atoms with E-state index >= 15 is 0 Å². The van der Waals surface area contributed by atoms with Crippen molar-refractivity contribution in [3.05, 3.63) is 29.5 Å². The van der Waals surface area contributed by atoms with Crippen LogP contribution in [0, 0.1) is 0 Å². The molecule has 0 unspecified atom stereocenters. The molecule has 1 aliphatic rings. The number of nitrogens with zero attached hydrogens (tertiary/aromatic N) is 1. The Morgan fingerprint density at radius 1 is 1.42 bits per heavy atom. The normalized spacial score (nSPS) is 14.4. The second-order valence-electron chi connectivity index (χ2n) is 4.78. The number of pyridine rings is 1. The number of fused-ring (bicyclic) bond motifs is 2. The highest BCUT2D eigenvalue weighted by molar-refractivity contribution is 5.93. The fourth-order valence-corrected chi connectivity index (χ4v) is 2.38. The number of benzene rings is 1. The van der Waals surface area contributed by atoms with Crippen molar-refractivity contribution in [1.82, 2.24) is 4.98 Å². The van der Waals surface area contributed by atoms with E-state index in [2.05, 4.69) is 11.9 Å². The predicted molar refractivity (Wildman–Crippen MR) is 75.3 cm³/mol. The van der Waals surface area contributed by atoms with Crippen molar-refractivity contribution in [2.75, 3.05) is 18.9 Å². The zero-order valence-corrected chi connectivity index (χ0v) is 11.1. The average Bonchev–Trinajstić information content (AvgIpc) is 2.46. The third-order valence-electron chi connectivity index (χ3n) is 3.39. The number of nitrogen functional groups attached to an aromatic ring is 1. The molecular weight excluding hydrogens is 240 g/mol. The van der Waals surface area contributed by atoms with E-state index in [9.17, 15) is 0 Å². The molecule has 0 radical (unpaired) electrons. The molecule has 0 amide bonds. The molecule has 0 aliphatic carbocycles. The van der Waals surface area contributed by atoms with Gasteiger partial charge < -0.3 is 15.2 Å². The van der Waals surface area contributed by atoms with Crippen LogP contribution in [0.4, 0.5) is 5.69 Å².